The van der Waals surface area contributed by atoms with Gasteiger partial charge in [0.15, 0.2) is 17.5 Å². The Hall–Kier alpha value is -2.01. The number of rotatable bonds is 9. The van der Waals surface area contributed by atoms with Crippen molar-refractivity contribution in [2.75, 3.05) is 39.2 Å². The Morgan fingerprint density at radius 3 is 2.61 bits per heavy atom. The number of benzene rings is 1. The highest BCUT2D eigenvalue weighted by atomic mass is 127. The quantitative estimate of drug-likeness (QED) is 0.205. The van der Waals surface area contributed by atoms with Gasteiger partial charge in [-0.2, -0.15) is 0 Å². The maximum Gasteiger partial charge on any atom is 0.261 e. The summed E-state index contributed by atoms with van der Waals surface area (Å²) < 4.78 is 10.9. The van der Waals surface area contributed by atoms with Crippen LogP contribution in [0.4, 0.5) is 5.69 Å². The summed E-state index contributed by atoms with van der Waals surface area (Å²) in [5.41, 5.74) is 0.842. The Labute approximate surface area is 186 Å². The maximum absolute atomic E-state index is 11.9. The third-order valence-electron chi connectivity index (χ3n) is 3.63. The fourth-order valence-corrected chi connectivity index (χ4v) is 2.97. The molecule has 2 rings (SSSR count). The molecule has 1 aromatic heterocycles. The highest BCUT2D eigenvalue weighted by Gasteiger charge is 2.07. The summed E-state index contributed by atoms with van der Waals surface area (Å²) in [6, 6.07) is 9.31. The van der Waals surface area contributed by atoms with E-state index in [1.165, 1.54) is 11.3 Å². The second-order valence-corrected chi connectivity index (χ2v) is 6.46. The molecule has 0 bridgehead atoms. The van der Waals surface area contributed by atoms with Crippen LogP contribution in [0, 0.1) is 0 Å². The average Bonchev–Trinajstić information content (AvgIpc) is 3.22. The Morgan fingerprint density at radius 1 is 1.18 bits per heavy atom. The molecule has 0 aliphatic carbocycles. The highest BCUT2D eigenvalue weighted by molar-refractivity contribution is 14.0. The number of anilines is 1. The van der Waals surface area contributed by atoms with Gasteiger partial charge in [-0.3, -0.25) is 9.79 Å². The van der Waals surface area contributed by atoms with Gasteiger partial charge in [0.25, 0.3) is 5.91 Å². The molecular formula is C19H27IN4O3S. The molecule has 2 aromatic rings. The van der Waals surface area contributed by atoms with E-state index in [9.17, 15) is 4.79 Å². The van der Waals surface area contributed by atoms with Crippen molar-refractivity contribution in [1.29, 1.82) is 0 Å². The third kappa shape index (κ3) is 7.55. The summed E-state index contributed by atoms with van der Waals surface area (Å²) in [4.78, 5) is 16.8. The number of carbonyl (C=O) groups is 1. The van der Waals surface area contributed by atoms with Gasteiger partial charge < -0.3 is 25.4 Å². The van der Waals surface area contributed by atoms with Crippen LogP contribution >= 0.6 is 35.3 Å². The molecule has 0 fully saturated rings. The van der Waals surface area contributed by atoms with Crippen LogP contribution in [-0.4, -0.2) is 45.7 Å². The molecule has 1 aromatic carbocycles. The Bertz CT molecular complexity index is 754. The van der Waals surface area contributed by atoms with Gasteiger partial charge in [-0.1, -0.05) is 6.07 Å². The van der Waals surface area contributed by atoms with Crippen molar-refractivity contribution in [3.05, 3.63) is 40.6 Å². The molecule has 3 N–H and O–H groups in total. The highest BCUT2D eigenvalue weighted by Crippen LogP contribution is 2.30. The Morgan fingerprint density at radius 2 is 1.96 bits per heavy atom. The minimum Gasteiger partial charge on any atom is -0.493 e. The van der Waals surface area contributed by atoms with Gasteiger partial charge >= 0.3 is 0 Å². The zero-order valence-electron chi connectivity index (χ0n) is 16.3. The van der Waals surface area contributed by atoms with Gasteiger partial charge in [0, 0.05) is 31.9 Å². The van der Waals surface area contributed by atoms with Crippen LogP contribution in [0.1, 0.15) is 23.0 Å². The zero-order valence-corrected chi connectivity index (χ0v) is 19.4. The van der Waals surface area contributed by atoms with Gasteiger partial charge in [-0.05, 0) is 36.9 Å². The normalized spacial score (nSPS) is 10.6. The number of hydrogen-bond donors (Lipinski definition) is 3. The van der Waals surface area contributed by atoms with E-state index in [0.717, 1.165) is 17.0 Å². The number of hydrogen-bond acceptors (Lipinski definition) is 5. The van der Waals surface area contributed by atoms with Gasteiger partial charge in [0.05, 0.1) is 18.6 Å². The third-order valence-corrected chi connectivity index (χ3v) is 4.49. The summed E-state index contributed by atoms with van der Waals surface area (Å²) in [5.74, 6) is 1.98. The number of amides is 1. The number of halogens is 1. The van der Waals surface area contributed by atoms with Crippen LogP contribution in [0.15, 0.2) is 40.7 Å². The van der Waals surface area contributed by atoms with Crippen LogP contribution in [-0.2, 0) is 0 Å². The smallest absolute Gasteiger partial charge is 0.261 e. The number of nitrogens with zero attached hydrogens (tertiary/aromatic N) is 1. The largest absolute Gasteiger partial charge is 0.493 e. The van der Waals surface area contributed by atoms with Crippen LogP contribution in [0.2, 0.25) is 0 Å². The molecular weight excluding hydrogens is 491 g/mol. The molecule has 0 radical (unpaired) electrons. The standard InChI is InChI=1S/C19H26N4O3S.HI/c1-4-26-15-9-8-14(13-16(15)25-3)23-19(20-2)22-11-6-10-21-18(24)17-7-5-12-27-17;/h5,7-9,12-13H,4,6,10-11H2,1-3H3,(H,21,24)(H2,20,22,23);1H. The number of aliphatic imine (C=N–C) groups is 1. The van der Waals surface area contributed by atoms with Crippen molar-refractivity contribution >= 4 is 52.9 Å². The lowest BCUT2D eigenvalue weighted by Crippen LogP contribution is -2.33. The zero-order chi connectivity index (χ0) is 19.5. The van der Waals surface area contributed by atoms with Crippen molar-refractivity contribution in [2.45, 2.75) is 13.3 Å². The summed E-state index contributed by atoms with van der Waals surface area (Å²) in [5, 5.41) is 11.2. The van der Waals surface area contributed by atoms with E-state index in [0.29, 0.717) is 37.2 Å². The minimum atomic E-state index is -0.0333. The number of methoxy groups -OCH3 is 1. The minimum absolute atomic E-state index is 0. The molecule has 0 unspecified atom stereocenters. The second-order valence-electron chi connectivity index (χ2n) is 5.51. The topological polar surface area (TPSA) is 84.0 Å². The fourth-order valence-electron chi connectivity index (χ4n) is 2.33. The first-order valence-electron chi connectivity index (χ1n) is 8.78. The lowest BCUT2D eigenvalue weighted by atomic mass is 10.2. The molecule has 28 heavy (non-hydrogen) atoms. The van der Waals surface area contributed by atoms with Crippen molar-refractivity contribution in [1.82, 2.24) is 10.6 Å². The van der Waals surface area contributed by atoms with Crippen LogP contribution in [0.25, 0.3) is 0 Å². The average molecular weight is 518 g/mol. The summed E-state index contributed by atoms with van der Waals surface area (Å²) in [6.07, 6.45) is 0.782. The molecule has 0 atom stereocenters. The Kier molecular flexibility index (Phi) is 11.3. The summed E-state index contributed by atoms with van der Waals surface area (Å²) >= 11 is 1.44. The summed E-state index contributed by atoms with van der Waals surface area (Å²) in [6.45, 7) is 3.78. The van der Waals surface area contributed by atoms with E-state index in [1.54, 1.807) is 14.2 Å². The lowest BCUT2D eigenvalue weighted by Gasteiger charge is -2.14. The predicted molar refractivity (Wildman–Crippen MR) is 126 cm³/mol. The van der Waals surface area contributed by atoms with Crippen molar-refractivity contribution in [3.63, 3.8) is 0 Å². The van der Waals surface area contributed by atoms with E-state index in [1.807, 2.05) is 42.6 Å². The number of ether oxygens (including phenoxy) is 2. The van der Waals surface area contributed by atoms with E-state index >= 15 is 0 Å². The molecule has 0 saturated heterocycles. The molecule has 0 aliphatic heterocycles. The summed E-state index contributed by atoms with van der Waals surface area (Å²) in [7, 11) is 3.32. The first-order chi connectivity index (χ1) is 13.2. The monoisotopic (exact) mass is 518 g/mol. The van der Waals surface area contributed by atoms with Crippen molar-refractivity contribution in [2.24, 2.45) is 4.99 Å². The van der Waals surface area contributed by atoms with Gasteiger partial charge in [-0.15, -0.1) is 35.3 Å². The van der Waals surface area contributed by atoms with Gasteiger partial charge in [-0.25, -0.2) is 0 Å². The molecule has 0 saturated carbocycles. The number of guanidine groups is 1. The van der Waals surface area contributed by atoms with Crippen LogP contribution < -0.4 is 25.4 Å². The van der Waals surface area contributed by atoms with E-state index in [4.69, 9.17) is 9.47 Å². The maximum atomic E-state index is 11.9. The molecule has 7 nitrogen and oxygen atoms in total. The van der Waals surface area contributed by atoms with E-state index < -0.39 is 0 Å². The van der Waals surface area contributed by atoms with E-state index in [-0.39, 0.29) is 29.9 Å². The first-order valence-corrected chi connectivity index (χ1v) is 9.66. The van der Waals surface area contributed by atoms with Crippen LogP contribution in [0.3, 0.4) is 0 Å². The fraction of sp³-hybridized carbons (Fsp3) is 0.368. The molecule has 1 amide bonds. The molecule has 1 heterocycles. The lowest BCUT2D eigenvalue weighted by molar-refractivity contribution is 0.0957. The number of carbonyl (C=O) groups excluding carboxylic acids is 1. The predicted octanol–water partition coefficient (Wildman–Crippen LogP) is 3.58. The van der Waals surface area contributed by atoms with Gasteiger partial charge in [0.1, 0.15) is 0 Å². The van der Waals surface area contributed by atoms with E-state index in [2.05, 4.69) is 20.9 Å². The Balaban J connectivity index is 0.00000392. The number of nitrogens with one attached hydrogen (secondary N) is 3. The van der Waals surface area contributed by atoms with Crippen LogP contribution in [0.5, 0.6) is 11.5 Å². The molecule has 154 valence electrons. The van der Waals surface area contributed by atoms with Gasteiger partial charge in [0.2, 0.25) is 0 Å². The second kappa shape index (κ2) is 13.2. The first kappa shape index (κ1) is 24.0. The SMILES string of the molecule is CCOc1ccc(NC(=NC)NCCCNC(=O)c2cccs2)cc1OC.I. The molecule has 9 heteroatoms. The molecule has 0 aliphatic rings. The number of thiophene rings is 1. The van der Waals surface area contributed by atoms with Crippen molar-refractivity contribution < 1.29 is 14.3 Å². The van der Waals surface area contributed by atoms with Crippen molar-refractivity contribution in [3.8, 4) is 11.5 Å². The molecule has 0 spiro atoms.